The highest BCUT2D eigenvalue weighted by atomic mass is 16.2. The normalized spacial score (nSPS) is 10.4. The molecule has 0 radical (unpaired) electrons. The van der Waals surface area contributed by atoms with Crippen molar-refractivity contribution in [2.75, 3.05) is 18.4 Å². The number of hydrogen-bond donors (Lipinski definition) is 1. The summed E-state index contributed by atoms with van der Waals surface area (Å²) in [4.78, 5) is 18.2. The van der Waals surface area contributed by atoms with Gasteiger partial charge in [-0.2, -0.15) is 0 Å². The molecule has 1 amide bonds. The van der Waals surface area contributed by atoms with Gasteiger partial charge in [0.1, 0.15) is 5.82 Å². The lowest BCUT2D eigenvalue weighted by Crippen LogP contribution is -2.36. The SMILES string of the molecule is CCNc1ccc(C(=O)N(CC)C(C)C)cn1. The quantitative estimate of drug-likeness (QED) is 0.852. The third-order valence-electron chi connectivity index (χ3n) is 2.59. The molecule has 17 heavy (non-hydrogen) atoms. The predicted octanol–water partition coefficient (Wildman–Crippen LogP) is 2.38. The van der Waals surface area contributed by atoms with Gasteiger partial charge in [-0.3, -0.25) is 4.79 Å². The number of pyridine rings is 1. The summed E-state index contributed by atoms with van der Waals surface area (Å²) in [6.07, 6.45) is 1.63. The summed E-state index contributed by atoms with van der Waals surface area (Å²) in [5.74, 6) is 0.842. The maximum absolute atomic E-state index is 12.2. The highest BCUT2D eigenvalue weighted by Gasteiger charge is 2.16. The fraction of sp³-hybridized carbons (Fsp3) is 0.538. The lowest BCUT2D eigenvalue weighted by molar-refractivity contribution is 0.0716. The zero-order chi connectivity index (χ0) is 12.8. The van der Waals surface area contributed by atoms with Gasteiger partial charge in [0.2, 0.25) is 0 Å². The smallest absolute Gasteiger partial charge is 0.255 e. The van der Waals surface area contributed by atoms with E-state index < -0.39 is 0 Å². The number of anilines is 1. The number of hydrogen-bond acceptors (Lipinski definition) is 3. The van der Waals surface area contributed by atoms with Gasteiger partial charge in [0.25, 0.3) is 5.91 Å². The zero-order valence-electron chi connectivity index (χ0n) is 11.0. The Morgan fingerprint density at radius 3 is 2.53 bits per heavy atom. The highest BCUT2D eigenvalue weighted by Crippen LogP contribution is 2.10. The number of carbonyl (C=O) groups is 1. The second-order valence-corrected chi connectivity index (χ2v) is 4.15. The molecular formula is C13H21N3O. The Balaban J connectivity index is 2.81. The van der Waals surface area contributed by atoms with Crippen molar-refractivity contribution in [1.82, 2.24) is 9.88 Å². The minimum Gasteiger partial charge on any atom is -0.370 e. The molecule has 0 saturated heterocycles. The second-order valence-electron chi connectivity index (χ2n) is 4.15. The van der Waals surface area contributed by atoms with Crippen LogP contribution in [-0.2, 0) is 0 Å². The first-order chi connectivity index (χ1) is 8.10. The molecule has 1 N–H and O–H groups in total. The fourth-order valence-electron chi connectivity index (χ4n) is 1.72. The number of nitrogens with zero attached hydrogens (tertiary/aromatic N) is 2. The highest BCUT2D eigenvalue weighted by molar-refractivity contribution is 5.94. The van der Waals surface area contributed by atoms with Gasteiger partial charge < -0.3 is 10.2 Å². The van der Waals surface area contributed by atoms with Crippen LogP contribution in [0.25, 0.3) is 0 Å². The Hall–Kier alpha value is -1.58. The van der Waals surface area contributed by atoms with E-state index in [2.05, 4.69) is 10.3 Å². The van der Waals surface area contributed by atoms with Gasteiger partial charge in [0, 0.05) is 25.3 Å². The van der Waals surface area contributed by atoms with Gasteiger partial charge in [-0.1, -0.05) is 0 Å². The van der Waals surface area contributed by atoms with Crippen LogP contribution in [0.3, 0.4) is 0 Å². The summed E-state index contributed by atoms with van der Waals surface area (Å²) >= 11 is 0. The van der Waals surface area contributed by atoms with Crippen molar-refractivity contribution in [3.8, 4) is 0 Å². The summed E-state index contributed by atoms with van der Waals surface area (Å²) in [6.45, 7) is 9.57. The largest absolute Gasteiger partial charge is 0.370 e. The van der Waals surface area contributed by atoms with Gasteiger partial charge in [-0.05, 0) is 39.8 Å². The summed E-state index contributed by atoms with van der Waals surface area (Å²) in [5.41, 5.74) is 0.641. The maximum atomic E-state index is 12.2. The predicted molar refractivity (Wildman–Crippen MR) is 70.2 cm³/mol. The number of aromatic nitrogens is 1. The molecule has 1 heterocycles. The number of amides is 1. The summed E-state index contributed by atoms with van der Waals surface area (Å²) < 4.78 is 0. The number of rotatable bonds is 5. The van der Waals surface area contributed by atoms with Crippen LogP contribution in [0.15, 0.2) is 18.3 Å². The average Bonchev–Trinajstić information content (AvgIpc) is 2.30. The van der Waals surface area contributed by atoms with Crippen LogP contribution < -0.4 is 5.32 Å². The van der Waals surface area contributed by atoms with Gasteiger partial charge in [0.15, 0.2) is 0 Å². The Kier molecular flexibility index (Phi) is 4.94. The Morgan fingerprint density at radius 1 is 1.41 bits per heavy atom. The van der Waals surface area contributed by atoms with E-state index >= 15 is 0 Å². The van der Waals surface area contributed by atoms with Gasteiger partial charge in [-0.25, -0.2) is 4.98 Å². The van der Waals surface area contributed by atoms with Crippen LogP contribution in [0.5, 0.6) is 0 Å². The molecule has 1 rings (SSSR count). The molecule has 0 fully saturated rings. The van der Waals surface area contributed by atoms with E-state index in [1.165, 1.54) is 0 Å². The lowest BCUT2D eigenvalue weighted by Gasteiger charge is -2.25. The molecule has 0 bridgehead atoms. The zero-order valence-corrected chi connectivity index (χ0v) is 11.0. The van der Waals surface area contributed by atoms with E-state index in [4.69, 9.17) is 0 Å². The van der Waals surface area contributed by atoms with Gasteiger partial charge in [-0.15, -0.1) is 0 Å². The number of carbonyl (C=O) groups excluding carboxylic acids is 1. The van der Waals surface area contributed by atoms with Crippen LogP contribution in [0, 0.1) is 0 Å². The van der Waals surface area contributed by atoms with Crippen molar-refractivity contribution < 1.29 is 4.79 Å². The van der Waals surface area contributed by atoms with E-state index in [1.54, 1.807) is 6.20 Å². The van der Waals surface area contributed by atoms with Crippen molar-refractivity contribution in [1.29, 1.82) is 0 Å². The maximum Gasteiger partial charge on any atom is 0.255 e. The summed E-state index contributed by atoms with van der Waals surface area (Å²) in [5, 5.41) is 3.10. The molecule has 0 aromatic carbocycles. The molecule has 0 aliphatic heterocycles. The Morgan fingerprint density at radius 2 is 2.12 bits per heavy atom. The molecule has 0 spiro atoms. The average molecular weight is 235 g/mol. The van der Waals surface area contributed by atoms with Crippen molar-refractivity contribution in [3.05, 3.63) is 23.9 Å². The molecule has 1 aromatic rings. The first kappa shape index (κ1) is 13.5. The fourth-order valence-corrected chi connectivity index (χ4v) is 1.72. The molecule has 1 aromatic heterocycles. The van der Waals surface area contributed by atoms with Crippen LogP contribution in [0.4, 0.5) is 5.82 Å². The van der Waals surface area contributed by atoms with Crippen LogP contribution in [0.2, 0.25) is 0 Å². The third-order valence-corrected chi connectivity index (χ3v) is 2.59. The van der Waals surface area contributed by atoms with E-state index in [0.717, 1.165) is 12.4 Å². The molecule has 4 nitrogen and oxygen atoms in total. The molecule has 4 heteroatoms. The van der Waals surface area contributed by atoms with E-state index in [-0.39, 0.29) is 11.9 Å². The molecule has 0 atom stereocenters. The number of nitrogens with one attached hydrogen (secondary N) is 1. The van der Waals surface area contributed by atoms with Gasteiger partial charge in [0.05, 0.1) is 5.56 Å². The van der Waals surface area contributed by atoms with E-state index in [0.29, 0.717) is 12.1 Å². The first-order valence-electron chi connectivity index (χ1n) is 6.11. The van der Waals surface area contributed by atoms with Crippen molar-refractivity contribution in [2.45, 2.75) is 33.7 Å². The minimum absolute atomic E-state index is 0.0399. The van der Waals surface area contributed by atoms with Crippen molar-refractivity contribution in [2.24, 2.45) is 0 Å². The van der Waals surface area contributed by atoms with Crippen LogP contribution in [-0.4, -0.2) is 34.9 Å². The van der Waals surface area contributed by atoms with Crippen molar-refractivity contribution in [3.63, 3.8) is 0 Å². The van der Waals surface area contributed by atoms with Crippen LogP contribution >= 0.6 is 0 Å². The topological polar surface area (TPSA) is 45.2 Å². The standard InChI is InChI=1S/C13H21N3O/c1-5-14-12-8-7-11(9-15-12)13(17)16(6-2)10(3)4/h7-10H,5-6H2,1-4H3,(H,14,15). The Labute approximate surface area is 103 Å². The Bertz CT molecular complexity index is 359. The molecule has 94 valence electrons. The summed E-state index contributed by atoms with van der Waals surface area (Å²) in [7, 11) is 0. The first-order valence-corrected chi connectivity index (χ1v) is 6.11. The van der Waals surface area contributed by atoms with E-state index in [1.807, 2.05) is 44.7 Å². The summed E-state index contributed by atoms with van der Waals surface area (Å²) in [6, 6.07) is 3.87. The molecular weight excluding hydrogens is 214 g/mol. The second kappa shape index (κ2) is 6.23. The third kappa shape index (κ3) is 3.44. The molecule has 0 unspecified atom stereocenters. The van der Waals surface area contributed by atoms with E-state index in [9.17, 15) is 4.79 Å². The minimum atomic E-state index is 0.0399. The molecule has 0 saturated carbocycles. The lowest BCUT2D eigenvalue weighted by atomic mass is 10.2. The van der Waals surface area contributed by atoms with Crippen molar-refractivity contribution >= 4 is 11.7 Å². The monoisotopic (exact) mass is 235 g/mol. The van der Waals surface area contributed by atoms with Gasteiger partial charge >= 0.3 is 0 Å². The van der Waals surface area contributed by atoms with Crippen LogP contribution in [0.1, 0.15) is 38.1 Å². The molecule has 0 aliphatic rings. The molecule has 0 aliphatic carbocycles.